The van der Waals surface area contributed by atoms with E-state index in [1.54, 1.807) is 21.1 Å². The maximum absolute atomic E-state index is 12.7. The Kier molecular flexibility index (Phi) is 41.4. The number of carbonyl (C=O) groups is 3. The summed E-state index contributed by atoms with van der Waals surface area (Å²) in [6, 6.07) is -0.727. The van der Waals surface area contributed by atoms with Crippen LogP contribution in [0.15, 0.2) is 36.5 Å². The van der Waals surface area contributed by atoms with E-state index in [0.29, 0.717) is 12.8 Å². The maximum atomic E-state index is 12.7. The van der Waals surface area contributed by atoms with Crippen molar-refractivity contribution in [3.63, 3.8) is 0 Å². The molecule has 0 rings (SSSR count). The Morgan fingerprint density at radius 1 is 0.517 bits per heavy atom. The quantitative estimate of drug-likeness (QED) is 0.0260. The van der Waals surface area contributed by atoms with E-state index in [0.717, 1.165) is 57.8 Å². The zero-order chi connectivity index (χ0) is 44.2. The molecular weight excluding hydrogens is 751 g/mol. The number of allylic oxidation sites excluding steroid dienone is 6. The van der Waals surface area contributed by atoms with Crippen LogP contribution in [-0.2, 0) is 28.6 Å². The Morgan fingerprint density at radius 3 is 1.38 bits per heavy atom. The van der Waals surface area contributed by atoms with Gasteiger partial charge in [0, 0.05) is 19.3 Å². The summed E-state index contributed by atoms with van der Waals surface area (Å²) in [7, 11) is 5.41. The van der Waals surface area contributed by atoms with E-state index in [9.17, 15) is 19.5 Å². The lowest BCUT2D eigenvalue weighted by molar-refractivity contribution is -0.889. The standard InChI is InChI=1S/C52H95NO7/c1-6-8-10-12-14-16-18-20-22-23-24-25-26-27-28-29-31-32-34-36-38-40-42-50(54)59-47-48(46-58-45-44-49(52(56)57)53(3,4)5)60-51(55)43-41-39-37-35-33-30-21-19-17-15-13-11-9-7-2/h9,11,15,17,26-27,48-49H,6-8,10,12-14,16,18-25,28-47H2,1-5H3/b11-9+,17-15+,27-26+. The summed E-state index contributed by atoms with van der Waals surface area (Å²) in [6.07, 6.45) is 50.4. The van der Waals surface area contributed by atoms with Crippen molar-refractivity contribution in [2.24, 2.45) is 0 Å². The van der Waals surface area contributed by atoms with E-state index >= 15 is 0 Å². The number of hydrogen-bond acceptors (Lipinski definition) is 7. The number of unbranched alkanes of at least 4 members (excludes halogenated alkanes) is 25. The van der Waals surface area contributed by atoms with E-state index in [-0.39, 0.29) is 42.7 Å². The lowest BCUT2D eigenvalue weighted by Crippen LogP contribution is -2.55. The van der Waals surface area contributed by atoms with Crippen LogP contribution < -0.4 is 5.11 Å². The molecule has 0 N–H and O–H groups in total. The van der Waals surface area contributed by atoms with Crippen LogP contribution in [0.1, 0.15) is 226 Å². The van der Waals surface area contributed by atoms with Crippen LogP contribution in [-0.4, -0.2) is 75.5 Å². The number of quaternary nitrogens is 1. The molecule has 0 radical (unpaired) electrons. The van der Waals surface area contributed by atoms with E-state index in [1.165, 1.54) is 135 Å². The predicted octanol–water partition coefficient (Wildman–Crippen LogP) is 12.9. The molecular formula is C52H95NO7. The summed E-state index contributed by atoms with van der Waals surface area (Å²) in [5.74, 6) is -1.74. The average Bonchev–Trinajstić information content (AvgIpc) is 3.21. The SMILES string of the molecule is CC/C=C/C/C=C/CCCCCCCCCC(=O)OC(COCCC(C(=O)[O-])[N+](C)(C)C)COC(=O)CCCCCCCCC/C=C/CCCCCCCCCCCCC. The molecule has 0 aliphatic heterocycles. The Hall–Kier alpha value is -2.45. The van der Waals surface area contributed by atoms with Gasteiger partial charge >= 0.3 is 11.9 Å². The largest absolute Gasteiger partial charge is 0.544 e. The summed E-state index contributed by atoms with van der Waals surface area (Å²) < 4.78 is 17.2. The summed E-state index contributed by atoms with van der Waals surface area (Å²) in [4.78, 5) is 37.0. The molecule has 0 aromatic carbocycles. The molecule has 0 amide bonds. The second-order valence-electron chi connectivity index (χ2n) is 18.0. The van der Waals surface area contributed by atoms with Gasteiger partial charge in [0.2, 0.25) is 0 Å². The first-order chi connectivity index (χ1) is 29.1. The highest BCUT2D eigenvalue weighted by Gasteiger charge is 2.25. The second-order valence-corrected chi connectivity index (χ2v) is 18.0. The second kappa shape index (κ2) is 43.2. The Bertz CT molecular complexity index is 1080. The predicted molar refractivity (Wildman–Crippen MR) is 250 cm³/mol. The van der Waals surface area contributed by atoms with Gasteiger partial charge in [0.1, 0.15) is 12.6 Å². The normalized spacial score (nSPS) is 13.2. The smallest absolute Gasteiger partial charge is 0.306 e. The number of carbonyl (C=O) groups excluding carboxylic acids is 3. The van der Waals surface area contributed by atoms with Gasteiger partial charge in [0.05, 0.1) is 40.3 Å². The van der Waals surface area contributed by atoms with Gasteiger partial charge in [-0.3, -0.25) is 9.59 Å². The van der Waals surface area contributed by atoms with Crippen LogP contribution in [0.5, 0.6) is 0 Å². The highest BCUT2D eigenvalue weighted by atomic mass is 16.6. The van der Waals surface area contributed by atoms with E-state index in [2.05, 4.69) is 50.3 Å². The molecule has 2 atom stereocenters. The molecule has 2 unspecified atom stereocenters. The molecule has 0 spiro atoms. The third-order valence-electron chi connectivity index (χ3n) is 11.3. The van der Waals surface area contributed by atoms with Crippen molar-refractivity contribution in [1.29, 1.82) is 0 Å². The van der Waals surface area contributed by atoms with Gasteiger partial charge in [-0.05, 0) is 64.2 Å². The third kappa shape index (κ3) is 40.9. The number of hydrogen-bond donors (Lipinski definition) is 0. The van der Waals surface area contributed by atoms with Gasteiger partial charge < -0.3 is 28.6 Å². The molecule has 60 heavy (non-hydrogen) atoms. The maximum Gasteiger partial charge on any atom is 0.306 e. The molecule has 8 heteroatoms. The van der Waals surface area contributed by atoms with Crippen molar-refractivity contribution in [3.05, 3.63) is 36.5 Å². The molecule has 350 valence electrons. The van der Waals surface area contributed by atoms with Crippen molar-refractivity contribution < 1.29 is 38.2 Å². The van der Waals surface area contributed by atoms with Gasteiger partial charge in [-0.15, -0.1) is 0 Å². The molecule has 0 fully saturated rings. The van der Waals surface area contributed by atoms with Crippen LogP contribution >= 0.6 is 0 Å². The lowest BCUT2D eigenvalue weighted by Gasteiger charge is -2.34. The van der Waals surface area contributed by atoms with Crippen LogP contribution in [0.2, 0.25) is 0 Å². The third-order valence-corrected chi connectivity index (χ3v) is 11.3. The minimum Gasteiger partial charge on any atom is -0.544 e. The summed E-state index contributed by atoms with van der Waals surface area (Å²) in [5.41, 5.74) is 0. The number of nitrogens with zero attached hydrogens (tertiary/aromatic N) is 1. The number of rotatable bonds is 45. The fourth-order valence-electron chi connectivity index (χ4n) is 7.40. The fourth-order valence-corrected chi connectivity index (χ4v) is 7.40. The van der Waals surface area contributed by atoms with Crippen molar-refractivity contribution in [2.75, 3.05) is 41.0 Å². The van der Waals surface area contributed by atoms with Crippen molar-refractivity contribution >= 4 is 17.9 Å². The zero-order valence-electron chi connectivity index (χ0n) is 39.9. The highest BCUT2D eigenvalue weighted by Crippen LogP contribution is 2.15. The number of ether oxygens (including phenoxy) is 3. The van der Waals surface area contributed by atoms with Crippen LogP contribution in [0.4, 0.5) is 0 Å². The summed E-state index contributed by atoms with van der Waals surface area (Å²) in [5, 5.41) is 11.6. The molecule has 0 saturated carbocycles. The van der Waals surface area contributed by atoms with E-state index in [4.69, 9.17) is 14.2 Å². The molecule has 0 heterocycles. The molecule has 0 saturated heterocycles. The van der Waals surface area contributed by atoms with Crippen molar-refractivity contribution in [1.82, 2.24) is 0 Å². The van der Waals surface area contributed by atoms with Gasteiger partial charge in [0.25, 0.3) is 0 Å². The summed E-state index contributed by atoms with van der Waals surface area (Å²) in [6.45, 7) is 4.57. The number of carboxylic acid groups (broad SMARTS) is 1. The fraction of sp³-hybridized carbons (Fsp3) is 0.827. The first-order valence-corrected chi connectivity index (χ1v) is 25.0. The topological polar surface area (TPSA) is 102 Å². The molecule has 0 bridgehead atoms. The molecule has 8 nitrogen and oxygen atoms in total. The molecule has 0 aliphatic carbocycles. The number of carboxylic acids is 1. The van der Waals surface area contributed by atoms with E-state index in [1.807, 2.05) is 0 Å². The monoisotopic (exact) mass is 846 g/mol. The van der Waals surface area contributed by atoms with Crippen LogP contribution in [0.25, 0.3) is 0 Å². The van der Waals surface area contributed by atoms with Gasteiger partial charge in [-0.1, -0.05) is 179 Å². The first kappa shape index (κ1) is 57.5. The van der Waals surface area contributed by atoms with Gasteiger partial charge in [-0.25, -0.2) is 0 Å². The van der Waals surface area contributed by atoms with Crippen LogP contribution in [0.3, 0.4) is 0 Å². The van der Waals surface area contributed by atoms with Crippen molar-refractivity contribution in [3.8, 4) is 0 Å². The lowest BCUT2D eigenvalue weighted by atomic mass is 10.0. The minimum atomic E-state index is -1.13. The number of aliphatic carboxylic acids is 1. The van der Waals surface area contributed by atoms with Crippen LogP contribution in [0, 0.1) is 0 Å². The number of esters is 2. The zero-order valence-corrected chi connectivity index (χ0v) is 39.9. The number of likely N-dealkylation sites (N-methyl/N-ethyl adjacent to an activating group) is 1. The minimum absolute atomic E-state index is 0.0375. The van der Waals surface area contributed by atoms with Crippen molar-refractivity contribution in [2.45, 2.75) is 238 Å². The Labute approximate surface area is 370 Å². The van der Waals surface area contributed by atoms with Gasteiger partial charge in [-0.2, -0.15) is 0 Å². The molecule has 0 aliphatic rings. The van der Waals surface area contributed by atoms with Gasteiger partial charge in [0.15, 0.2) is 6.10 Å². The van der Waals surface area contributed by atoms with E-state index < -0.39 is 18.1 Å². The molecule has 0 aromatic rings. The molecule has 0 aromatic heterocycles. The summed E-state index contributed by atoms with van der Waals surface area (Å²) >= 11 is 0. The highest BCUT2D eigenvalue weighted by molar-refractivity contribution is 5.70. The Balaban J connectivity index is 4.21. The first-order valence-electron chi connectivity index (χ1n) is 25.0. The Morgan fingerprint density at radius 2 is 0.933 bits per heavy atom. The average molecular weight is 846 g/mol.